The minimum absolute atomic E-state index is 0.0236. The van der Waals surface area contributed by atoms with Gasteiger partial charge in [-0.15, -0.1) is 0 Å². The highest BCUT2D eigenvalue weighted by atomic mass is 16.5. The fourth-order valence-corrected chi connectivity index (χ4v) is 6.02. The van der Waals surface area contributed by atoms with E-state index < -0.39 is 0 Å². The minimum Gasteiger partial charge on any atom is -0.369 e. The molecule has 1 saturated carbocycles. The summed E-state index contributed by atoms with van der Waals surface area (Å²) >= 11 is 0. The molecule has 4 heteroatoms. The summed E-state index contributed by atoms with van der Waals surface area (Å²) in [5.74, 6) is 1.68. The van der Waals surface area contributed by atoms with Crippen LogP contribution in [-0.2, 0) is 9.53 Å². The predicted octanol–water partition coefficient (Wildman–Crippen LogP) is 2.24. The van der Waals surface area contributed by atoms with Gasteiger partial charge in [-0.05, 0) is 37.8 Å². The van der Waals surface area contributed by atoms with Crippen LogP contribution in [0.2, 0.25) is 0 Å². The first-order valence-electron chi connectivity index (χ1n) is 9.21. The number of carbonyl (C=O) groups is 1. The highest BCUT2D eigenvalue weighted by Crippen LogP contribution is 2.69. The lowest BCUT2D eigenvalue weighted by molar-refractivity contribution is -0.134. The smallest absolute Gasteiger partial charge is 0.226 e. The summed E-state index contributed by atoms with van der Waals surface area (Å²) in [6.07, 6.45) is 2.75. The Morgan fingerprint density at radius 3 is 2.43 bits per heavy atom. The summed E-state index contributed by atoms with van der Waals surface area (Å²) in [6, 6.07) is 0. The Kier molecular flexibility index (Phi) is 3.12. The molecular weight excluding hydrogens is 288 g/mol. The molecule has 130 valence electrons. The number of rotatable bonds is 3. The zero-order valence-electron chi connectivity index (χ0n) is 15.6. The lowest BCUT2D eigenvalue weighted by Gasteiger charge is -2.30. The third-order valence-electron chi connectivity index (χ3n) is 7.94. The van der Waals surface area contributed by atoms with Gasteiger partial charge < -0.3 is 14.5 Å². The lowest BCUT2D eigenvalue weighted by atomic mass is 9.73. The molecule has 0 aromatic heterocycles. The van der Waals surface area contributed by atoms with Gasteiger partial charge in [0.2, 0.25) is 5.91 Å². The monoisotopic (exact) mass is 320 g/mol. The molecule has 4 aliphatic rings. The lowest BCUT2D eigenvalue weighted by Crippen LogP contribution is -2.40. The molecule has 0 N–H and O–H groups in total. The van der Waals surface area contributed by atoms with Crippen molar-refractivity contribution in [1.82, 2.24) is 9.80 Å². The standard InChI is InChI=1S/C19H32N2O2/c1-17(2)15(18(17,3)4)16(22)21-10-13-12(9-20(5)6)14-7-8-19(13,11-21)23-14/h12-15H,7-11H2,1-6H3/t12-,13+,14+,19+/m0/s1. The molecule has 3 aliphatic heterocycles. The molecule has 23 heavy (non-hydrogen) atoms. The number of hydrogen-bond donors (Lipinski definition) is 0. The maximum atomic E-state index is 13.1. The quantitative estimate of drug-likeness (QED) is 0.799. The van der Waals surface area contributed by atoms with Crippen LogP contribution in [0.4, 0.5) is 0 Å². The third-order valence-corrected chi connectivity index (χ3v) is 7.94. The van der Waals surface area contributed by atoms with E-state index in [4.69, 9.17) is 4.74 Å². The van der Waals surface area contributed by atoms with Crippen molar-refractivity contribution in [2.45, 2.75) is 52.2 Å². The van der Waals surface area contributed by atoms with E-state index in [1.54, 1.807) is 0 Å². The molecule has 0 unspecified atom stereocenters. The van der Waals surface area contributed by atoms with Crippen LogP contribution >= 0.6 is 0 Å². The normalized spacial score (nSPS) is 43.3. The van der Waals surface area contributed by atoms with Crippen LogP contribution in [0.5, 0.6) is 0 Å². The Hall–Kier alpha value is -0.610. The van der Waals surface area contributed by atoms with Crippen molar-refractivity contribution >= 4 is 5.91 Å². The van der Waals surface area contributed by atoms with E-state index in [9.17, 15) is 4.79 Å². The van der Waals surface area contributed by atoms with Crippen LogP contribution in [0, 0.1) is 28.6 Å². The fraction of sp³-hybridized carbons (Fsp3) is 0.947. The van der Waals surface area contributed by atoms with E-state index in [-0.39, 0.29) is 22.3 Å². The number of fused-ring (bicyclic) bond motifs is 1. The number of amides is 1. The van der Waals surface area contributed by atoms with Crippen molar-refractivity contribution in [2.75, 3.05) is 33.7 Å². The second-order valence-electron chi connectivity index (χ2n) is 9.89. The average Bonchev–Trinajstić information content (AvgIpc) is 2.92. The Morgan fingerprint density at radius 2 is 1.87 bits per heavy atom. The summed E-state index contributed by atoms with van der Waals surface area (Å²) in [7, 11) is 4.29. The average molecular weight is 320 g/mol. The van der Waals surface area contributed by atoms with Crippen molar-refractivity contribution in [1.29, 1.82) is 0 Å². The molecule has 0 radical (unpaired) electrons. The molecule has 3 heterocycles. The number of likely N-dealkylation sites (tertiary alicyclic amines) is 1. The van der Waals surface area contributed by atoms with Crippen molar-refractivity contribution in [3.63, 3.8) is 0 Å². The molecule has 4 fully saturated rings. The van der Waals surface area contributed by atoms with Gasteiger partial charge in [0.05, 0.1) is 18.2 Å². The summed E-state index contributed by atoms with van der Waals surface area (Å²) in [5.41, 5.74) is 0.229. The zero-order valence-corrected chi connectivity index (χ0v) is 15.6. The number of ether oxygens (including phenoxy) is 1. The first-order chi connectivity index (χ1) is 10.6. The van der Waals surface area contributed by atoms with Gasteiger partial charge in [-0.1, -0.05) is 27.7 Å². The fourth-order valence-electron chi connectivity index (χ4n) is 6.02. The van der Waals surface area contributed by atoms with Gasteiger partial charge in [-0.3, -0.25) is 4.79 Å². The molecule has 4 nitrogen and oxygen atoms in total. The van der Waals surface area contributed by atoms with E-state index in [2.05, 4.69) is 51.6 Å². The van der Waals surface area contributed by atoms with Gasteiger partial charge in [-0.2, -0.15) is 0 Å². The van der Waals surface area contributed by atoms with Crippen LogP contribution in [-0.4, -0.2) is 61.1 Å². The molecule has 1 aliphatic carbocycles. The van der Waals surface area contributed by atoms with Gasteiger partial charge in [0.25, 0.3) is 0 Å². The summed E-state index contributed by atoms with van der Waals surface area (Å²) in [6.45, 7) is 11.8. The summed E-state index contributed by atoms with van der Waals surface area (Å²) < 4.78 is 6.46. The summed E-state index contributed by atoms with van der Waals surface area (Å²) in [4.78, 5) is 17.6. The second kappa shape index (κ2) is 4.51. The van der Waals surface area contributed by atoms with Gasteiger partial charge >= 0.3 is 0 Å². The largest absolute Gasteiger partial charge is 0.369 e. The van der Waals surface area contributed by atoms with Crippen LogP contribution in [0.1, 0.15) is 40.5 Å². The molecule has 4 atom stereocenters. The van der Waals surface area contributed by atoms with E-state index in [1.165, 1.54) is 6.42 Å². The Bertz CT molecular complexity index is 527. The van der Waals surface area contributed by atoms with Crippen LogP contribution < -0.4 is 0 Å². The van der Waals surface area contributed by atoms with E-state index in [0.717, 1.165) is 26.1 Å². The van der Waals surface area contributed by atoms with Gasteiger partial charge in [0.1, 0.15) is 0 Å². The zero-order chi connectivity index (χ0) is 16.8. The van der Waals surface area contributed by atoms with Crippen LogP contribution in [0.3, 0.4) is 0 Å². The van der Waals surface area contributed by atoms with Crippen molar-refractivity contribution in [2.24, 2.45) is 28.6 Å². The van der Waals surface area contributed by atoms with E-state index >= 15 is 0 Å². The minimum atomic E-state index is -0.0236. The maximum Gasteiger partial charge on any atom is 0.226 e. The molecule has 0 aromatic rings. The molecule has 0 aromatic carbocycles. The van der Waals surface area contributed by atoms with Gasteiger partial charge in [-0.25, -0.2) is 0 Å². The van der Waals surface area contributed by atoms with Gasteiger partial charge in [0.15, 0.2) is 0 Å². The molecule has 2 bridgehead atoms. The predicted molar refractivity (Wildman–Crippen MR) is 90.0 cm³/mol. The first kappa shape index (κ1) is 15.9. The number of carbonyl (C=O) groups excluding carboxylic acids is 1. The Morgan fingerprint density at radius 1 is 1.22 bits per heavy atom. The van der Waals surface area contributed by atoms with Crippen LogP contribution in [0.25, 0.3) is 0 Å². The molecule has 4 rings (SSSR count). The van der Waals surface area contributed by atoms with E-state index in [1.807, 2.05) is 0 Å². The number of nitrogens with zero attached hydrogens (tertiary/aromatic N) is 2. The van der Waals surface area contributed by atoms with Crippen molar-refractivity contribution < 1.29 is 9.53 Å². The topological polar surface area (TPSA) is 32.8 Å². The molecular formula is C19H32N2O2. The van der Waals surface area contributed by atoms with Crippen LogP contribution in [0.15, 0.2) is 0 Å². The SMILES string of the molecule is CN(C)C[C@H]1[C@H]2CN(C(=O)C3C(C)(C)C3(C)C)C[C@]23CC[C@H]1O3. The number of hydrogen-bond acceptors (Lipinski definition) is 3. The molecule has 1 spiro atoms. The van der Waals surface area contributed by atoms with E-state index in [0.29, 0.717) is 23.8 Å². The Balaban J connectivity index is 1.52. The maximum absolute atomic E-state index is 13.1. The summed E-state index contributed by atoms with van der Waals surface area (Å²) in [5, 5.41) is 0. The van der Waals surface area contributed by atoms with Crippen molar-refractivity contribution in [3.8, 4) is 0 Å². The second-order valence-corrected chi connectivity index (χ2v) is 9.89. The first-order valence-corrected chi connectivity index (χ1v) is 9.21. The highest BCUT2D eigenvalue weighted by molar-refractivity contribution is 5.84. The van der Waals surface area contributed by atoms with Crippen molar-refractivity contribution in [3.05, 3.63) is 0 Å². The van der Waals surface area contributed by atoms with Gasteiger partial charge in [0, 0.05) is 30.8 Å². The highest BCUT2D eigenvalue weighted by Gasteiger charge is 2.71. The third kappa shape index (κ3) is 1.94. The Labute approximate surface area is 140 Å². The molecule has 1 amide bonds. The molecule has 3 saturated heterocycles.